The van der Waals surface area contributed by atoms with Crippen molar-refractivity contribution in [1.82, 2.24) is 9.78 Å². The first-order valence-corrected chi connectivity index (χ1v) is 5.37. The van der Waals surface area contributed by atoms with Gasteiger partial charge < -0.3 is 4.74 Å². The summed E-state index contributed by atoms with van der Waals surface area (Å²) in [5.41, 5.74) is 0.687. The smallest absolute Gasteiger partial charge is 0.162 e. The van der Waals surface area contributed by atoms with Gasteiger partial charge in [0.15, 0.2) is 5.78 Å². The highest BCUT2D eigenvalue weighted by atomic mass is 16.5. The van der Waals surface area contributed by atoms with E-state index in [2.05, 4.69) is 5.10 Å². The summed E-state index contributed by atoms with van der Waals surface area (Å²) in [5, 5.41) is 4.17. The van der Waals surface area contributed by atoms with Crippen LogP contribution in [0.15, 0.2) is 12.4 Å². The third-order valence-corrected chi connectivity index (χ3v) is 2.74. The average molecular weight is 208 g/mol. The lowest BCUT2D eigenvalue weighted by molar-refractivity contribution is 0.0470. The quantitative estimate of drug-likeness (QED) is 0.707. The monoisotopic (exact) mass is 208 g/mol. The van der Waals surface area contributed by atoms with Gasteiger partial charge in [-0.2, -0.15) is 5.10 Å². The van der Waals surface area contributed by atoms with Crippen LogP contribution in [0.2, 0.25) is 0 Å². The second-order valence-electron chi connectivity index (χ2n) is 4.09. The fourth-order valence-corrected chi connectivity index (χ4v) is 1.86. The number of rotatable bonds is 3. The third kappa shape index (κ3) is 2.65. The van der Waals surface area contributed by atoms with Crippen molar-refractivity contribution >= 4 is 5.78 Å². The molecule has 4 heteroatoms. The van der Waals surface area contributed by atoms with E-state index in [1.54, 1.807) is 13.1 Å². The molecule has 15 heavy (non-hydrogen) atoms. The highest BCUT2D eigenvalue weighted by Gasteiger charge is 2.15. The first-order chi connectivity index (χ1) is 7.25. The lowest BCUT2D eigenvalue weighted by Gasteiger charge is -2.21. The summed E-state index contributed by atoms with van der Waals surface area (Å²) < 4.78 is 7.24. The maximum Gasteiger partial charge on any atom is 0.162 e. The van der Waals surface area contributed by atoms with Gasteiger partial charge in [0.1, 0.15) is 0 Å². The molecule has 1 fully saturated rings. The Morgan fingerprint density at radius 1 is 1.73 bits per heavy atom. The molecular weight excluding hydrogens is 192 g/mol. The van der Waals surface area contributed by atoms with Gasteiger partial charge in [-0.1, -0.05) is 0 Å². The molecule has 1 aromatic rings. The van der Waals surface area contributed by atoms with Crippen molar-refractivity contribution in [2.75, 3.05) is 13.2 Å². The van der Waals surface area contributed by atoms with Crippen LogP contribution in [0.3, 0.4) is 0 Å². The van der Waals surface area contributed by atoms with Crippen molar-refractivity contribution in [3.8, 4) is 0 Å². The minimum absolute atomic E-state index is 0.0705. The molecule has 0 N–H and O–H groups in total. The largest absolute Gasteiger partial charge is 0.381 e. The Labute approximate surface area is 89.2 Å². The molecule has 82 valence electrons. The van der Waals surface area contributed by atoms with Crippen molar-refractivity contribution in [2.45, 2.75) is 26.3 Å². The van der Waals surface area contributed by atoms with E-state index in [0.717, 1.165) is 26.2 Å². The SMILES string of the molecule is CC(=O)c1cnn(C[C@H]2CCCOC2)c1. The fourth-order valence-electron chi connectivity index (χ4n) is 1.86. The van der Waals surface area contributed by atoms with Crippen LogP contribution in [-0.4, -0.2) is 28.8 Å². The van der Waals surface area contributed by atoms with Gasteiger partial charge in [-0.3, -0.25) is 9.48 Å². The Hall–Kier alpha value is -1.16. The van der Waals surface area contributed by atoms with Crippen molar-refractivity contribution in [3.63, 3.8) is 0 Å². The molecule has 0 saturated carbocycles. The summed E-state index contributed by atoms with van der Waals surface area (Å²) in [7, 11) is 0. The van der Waals surface area contributed by atoms with E-state index in [-0.39, 0.29) is 5.78 Å². The second kappa shape index (κ2) is 4.57. The van der Waals surface area contributed by atoms with E-state index in [0.29, 0.717) is 11.5 Å². The van der Waals surface area contributed by atoms with Crippen molar-refractivity contribution < 1.29 is 9.53 Å². The summed E-state index contributed by atoms with van der Waals surface area (Å²) in [4.78, 5) is 11.1. The third-order valence-electron chi connectivity index (χ3n) is 2.74. The maximum absolute atomic E-state index is 11.1. The molecule has 0 spiro atoms. The summed E-state index contributed by atoms with van der Waals surface area (Å²) in [6.45, 7) is 4.11. The maximum atomic E-state index is 11.1. The summed E-state index contributed by atoms with van der Waals surface area (Å²) in [6, 6.07) is 0. The molecule has 0 amide bonds. The lowest BCUT2D eigenvalue weighted by Crippen LogP contribution is -2.22. The number of nitrogens with zero attached hydrogens (tertiary/aromatic N) is 2. The van der Waals surface area contributed by atoms with Crippen LogP contribution in [0.1, 0.15) is 30.1 Å². The van der Waals surface area contributed by atoms with Gasteiger partial charge in [0.2, 0.25) is 0 Å². The van der Waals surface area contributed by atoms with Gasteiger partial charge in [0, 0.05) is 25.3 Å². The number of ether oxygens (including phenoxy) is 1. The standard InChI is InChI=1S/C11H16N2O2/c1-9(14)11-5-12-13(7-11)6-10-3-2-4-15-8-10/h5,7,10H,2-4,6,8H2,1H3/t10-/m1/s1. The zero-order valence-electron chi connectivity index (χ0n) is 8.98. The molecule has 1 atom stereocenters. The first-order valence-electron chi connectivity index (χ1n) is 5.37. The Bertz CT molecular complexity index is 340. The zero-order chi connectivity index (χ0) is 10.7. The van der Waals surface area contributed by atoms with Crippen molar-refractivity contribution in [3.05, 3.63) is 18.0 Å². The number of Topliss-reactive ketones (excluding diaryl/α,β-unsaturated/α-hetero) is 1. The van der Waals surface area contributed by atoms with Crippen LogP contribution >= 0.6 is 0 Å². The number of carbonyl (C=O) groups excluding carboxylic acids is 1. The highest BCUT2D eigenvalue weighted by Crippen LogP contribution is 2.15. The van der Waals surface area contributed by atoms with Gasteiger partial charge in [0.25, 0.3) is 0 Å². The molecule has 1 aliphatic rings. The van der Waals surface area contributed by atoms with Crippen LogP contribution in [0.5, 0.6) is 0 Å². The topological polar surface area (TPSA) is 44.1 Å². The molecule has 0 aromatic carbocycles. The Morgan fingerprint density at radius 2 is 2.60 bits per heavy atom. The first kappa shape index (κ1) is 10.4. The normalized spacial score (nSPS) is 21.5. The molecular formula is C11H16N2O2. The van der Waals surface area contributed by atoms with Gasteiger partial charge in [0.05, 0.1) is 18.4 Å². The minimum Gasteiger partial charge on any atom is -0.381 e. The fraction of sp³-hybridized carbons (Fsp3) is 0.636. The molecule has 0 aliphatic carbocycles. The predicted octanol–water partition coefficient (Wildman–Crippen LogP) is 1.51. The Kier molecular flexibility index (Phi) is 3.16. The van der Waals surface area contributed by atoms with Gasteiger partial charge >= 0.3 is 0 Å². The van der Waals surface area contributed by atoms with Crippen LogP contribution in [-0.2, 0) is 11.3 Å². The van der Waals surface area contributed by atoms with E-state index in [4.69, 9.17) is 4.74 Å². The molecule has 1 aliphatic heterocycles. The number of hydrogen-bond donors (Lipinski definition) is 0. The molecule has 0 unspecified atom stereocenters. The van der Waals surface area contributed by atoms with E-state index in [1.807, 2.05) is 10.9 Å². The Balaban J connectivity index is 1.94. The van der Waals surface area contributed by atoms with Crippen LogP contribution in [0, 0.1) is 5.92 Å². The molecule has 1 saturated heterocycles. The van der Waals surface area contributed by atoms with Crippen LogP contribution in [0.4, 0.5) is 0 Å². The van der Waals surface area contributed by atoms with E-state index in [9.17, 15) is 4.79 Å². The molecule has 0 bridgehead atoms. The van der Waals surface area contributed by atoms with Gasteiger partial charge in [-0.15, -0.1) is 0 Å². The van der Waals surface area contributed by atoms with Crippen LogP contribution in [0.25, 0.3) is 0 Å². The number of aromatic nitrogens is 2. The molecule has 2 rings (SSSR count). The van der Waals surface area contributed by atoms with E-state index in [1.165, 1.54) is 6.42 Å². The van der Waals surface area contributed by atoms with Gasteiger partial charge in [-0.05, 0) is 19.8 Å². The Morgan fingerprint density at radius 3 is 3.20 bits per heavy atom. The van der Waals surface area contributed by atoms with Crippen molar-refractivity contribution in [2.24, 2.45) is 5.92 Å². The molecule has 4 nitrogen and oxygen atoms in total. The molecule has 0 radical (unpaired) electrons. The number of carbonyl (C=O) groups is 1. The summed E-state index contributed by atoms with van der Waals surface area (Å²) >= 11 is 0. The molecule has 1 aromatic heterocycles. The summed E-state index contributed by atoms with van der Waals surface area (Å²) in [6.07, 6.45) is 5.77. The molecule has 2 heterocycles. The second-order valence-corrected chi connectivity index (χ2v) is 4.09. The predicted molar refractivity (Wildman–Crippen MR) is 55.8 cm³/mol. The number of hydrogen-bond acceptors (Lipinski definition) is 3. The van der Waals surface area contributed by atoms with Crippen LogP contribution < -0.4 is 0 Å². The average Bonchev–Trinajstić information content (AvgIpc) is 2.68. The lowest BCUT2D eigenvalue weighted by atomic mass is 10.0. The van der Waals surface area contributed by atoms with E-state index < -0.39 is 0 Å². The van der Waals surface area contributed by atoms with Gasteiger partial charge in [-0.25, -0.2) is 0 Å². The van der Waals surface area contributed by atoms with E-state index >= 15 is 0 Å². The minimum atomic E-state index is 0.0705. The summed E-state index contributed by atoms with van der Waals surface area (Å²) in [5.74, 6) is 0.611. The van der Waals surface area contributed by atoms with Crippen molar-refractivity contribution in [1.29, 1.82) is 0 Å². The highest BCUT2D eigenvalue weighted by molar-refractivity contribution is 5.93. The zero-order valence-corrected chi connectivity index (χ0v) is 8.98. The number of ketones is 1.